The normalized spacial score (nSPS) is 17.1. The Bertz CT molecular complexity index is 1180. The summed E-state index contributed by atoms with van der Waals surface area (Å²) >= 11 is 0. The lowest BCUT2D eigenvalue weighted by molar-refractivity contribution is 0.283. The maximum absolute atomic E-state index is 6.12. The SMILES string of the molecule is CC.COc1cc2c(cc1OCc1ccccc1)CCNC2/C=C/C1=CC(c2ncco2)=CCC1. The van der Waals surface area contributed by atoms with Crippen LogP contribution in [0.5, 0.6) is 11.5 Å². The van der Waals surface area contributed by atoms with Crippen LogP contribution in [0.25, 0.3) is 5.57 Å². The van der Waals surface area contributed by atoms with Crippen molar-refractivity contribution >= 4 is 5.57 Å². The molecule has 5 rings (SSSR count). The summed E-state index contributed by atoms with van der Waals surface area (Å²) in [7, 11) is 1.70. The number of nitrogens with zero attached hydrogens (tertiary/aromatic N) is 1. The minimum absolute atomic E-state index is 0.128. The highest BCUT2D eigenvalue weighted by Gasteiger charge is 2.21. The van der Waals surface area contributed by atoms with Crippen molar-refractivity contribution in [3.05, 3.63) is 107 Å². The van der Waals surface area contributed by atoms with E-state index in [4.69, 9.17) is 13.9 Å². The number of benzene rings is 2. The Morgan fingerprint density at radius 1 is 1.11 bits per heavy atom. The Labute approximate surface area is 208 Å². The highest BCUT2D eigenvalue weighted by atomic mass is 16.5. The van der Waals surface area contributed by atoms with E-state index in [1.54, 1.807) is 19.6 Å². The van der Waals surface area contributed by atoms with Crippen molar-refractivity contribution in [2.75, 3.05) is 13.7 Å². The summed E-state index contributed by atoms with van der Waals surface area (Å²) in [6.07, 6.45) is 15.1. The zero-order valence-electron chi connectivity index (χ0n) is 20.8. The molecule has 1 aliphatic heterocycles. The van der Waals surface area contributed by atoms with Crippen LogP contribution in [0.2, 0.25) is 0 Å². The maximum atomic E-state index is 6.12. The van der Waals surface area contributed by atoms with Crippen LogP contribution in [0.3, 0.4) is 0 Å². The lowest BCUT2D eigenvalue weighted by atomic mass is 9.92. The quantitative estimate of drug-likeness (QED) is 0.410. The second-order valence-electron chi connectivity index (χ2n) is 8.27. The van der Waals surface area contributed by atoms with Gasteiger partial charge in [0.05, 0.1) is 19.3 Å². The number of nitrogens with one attached hydrogen (secondary N) is 1. The van der Waals surface area contributed by atoms with E-state index in [0.717, 1.165) is 48.4 Å². The van der Waals surface area contributed by atoms with Crippen molar-refractivity contribution in [3.8, 4) is 11.5 Å². The fourth-order valence-electron chi connectivity index (χ4n) is 4.37. The van der Waals surface area contributed by atoms with Crippen molar-refractivity contribution in [1.82, 2.24) is 10.3 Å². The van der Waals surface area contributed by atoms with Gasteiger partial charge in [-0.05, 0) is 59.7 Å². The molecule has 1 aromatic heterocycles. The summed E-state index contributed by atoms with van der Waals surface area (Å²) in [6, 6.07) is 14.6. The standard InChI is InChI=1S/C28H28N2O3.C2H6/c1-31-26-18-24-22(17-27(26)33-19-21-6-3-2-4-7-21)12-13-29-25(24)11-10-20-8-5-9-23(16-20)28-30-14-15-32-28;1-2/h2-4,6-7,9-11,14-18,25,29H,5,8,12-13,19H2,1H3;1-2H3/b11-10+;. The third-order valence-electron chi connectivity index (χ3n) is 6.08. The van der Waals surface area contributed by atoms with E-state index in [1.165, 1.54) is 16.7 Å². The number of allylic oxidation sites excluding steroid dienone is 5. The summed E-state index contributed by atoms with van der Waals surface area (Å²) < 4.78 is 17.3. The van der Waals surface area contributed by atoms with Crippen molar-refractivity contribution in [3.63, 3.8) is 0 Å². The van der Waals surface area contributed by atoms with E-state index >= 15 is 0 Å². The molecule has 0 saturated heterocycles. The third-order valence-corrected chi connectivity index (χ3v) is 6.08. The van der Waals surface area contributed by atoms with E-state index in [2.05, 4.69) is 58.9 Å². The van der Waals surface area contributed by atoms with Gasteiger partial charge < -0.3 is 19.2 Å². The Kier molecular flexibility index (Phi) is 8.58. The summed E-state index contributed by atoms with van der Waals surface area (Å²) in [5, 5.41) is 3.63. The maximum Gasteiger partial charge on any atom is 0.225 e. The predicted octanol–water partition coefficient (Wildman–Crippen LogP) is 6.84. The average Bonchev–Trinajstić information content (AvgIpc) is 3.47. The van der Waals surface area contributed by atoms with Crippen molar-refractivity contribution in [2.24, 2.45) is 0 Å². The first-order valence-electron chi connectivity index (χ1n) is 12.4. The lowest BCUT2D eigenvalue weighted by Gasteiger charge is -2.26. The van der Waals surface area contributed by atoms with E-state index in [-0.39, 0.29) is 6.04 Å². The third kappa shape index (κ3) is 6.11. The van der Waals surface area contributed by atoms with Gasteiger partial charge in [0.15, 0.2) is 11.5 Å². The fraction of sp³-hybridized carbons (Fsp3) is 0.300. The van der Waals surface area contributed by atoms with Crippen LogP contribution in [0.15, 0.2) is 89.2 Å². The predicted molar refractivity (Wildman–Crippen MR) is 141 cm³/mol. The molecule has 0 radical (unpaired) electrons. The molecule has 0 fully saturated rings. The molecule has 35 heavy (non-hydrogen) atoms. The van der Waals surface area contributed by atoms with Gasteiger partial charge in [-0.3, -0.25) is 0 Å². The molecule has 0 spiro atoms. The molecule has 1 atom stereocenters. The van der Waals surface area contributed by atoms with Gasteiger partial charge in [-0.2, -0.15) is 0 Å². The molecule has 2 heterocycles. The Morgan fingerprint density at radius 2 is 1.97 bits per heavy atom. The summed E-state index contributed by atoms with van der Waals surface area (Å²) in [5.41, 5.74) is 5.99. The van der Waals surface area contributed by atoms with Crippen molar-refractivity contribution in [1.29, 1.82) is 0 Å². The summed E-state index contributed by atoms with van der Waals surface area (Å²) in [5.74, 6) is 2.23. The van der Waals surface area contributed by atoms with Gasteiger partial charge in [0.1, 0.15) is 12.9 Å². The minimum Gasteiger partial charge on any atom is -0.493 e. The molecular formula is C30H34N2O3. The van der Waals surface area contributed by atoms with Gasteiger partial charge in [-0.1, -0.05) is 62.4 Å². The molecule has 2 aliphatic rings. The molecule has 1 aliphatic carbocycles. The molecule has 182 valence electrons. The zero-order chi connectivity index (χ0) is 24.5. The number of hydrogen-bond acceptors (Lipinski definition) is 5. The van der Waals surface area contributed by atoms with E-state index in [0.29, 0.717) is 12.5 Å². The van der Waals surface area contributed by atoms with Crippen LogP contribution in [0.4, 0.5) is 0 Å². The highest BCUT2D eigenvalue weighted by molar-refractivity contribution is 5.71. The smallest absolute Gasteiger partial charge is 0.225 e. The van der Waals surface area contributed by atoms with Gasteiger partial charge in [0.25, 0.3) is 0 Å². The Morgan fingerprint density at radius 3 is 2.74 bits per heavy atom. The zero-order valence-corrected chi connectivity index (χ0v) is 20.8. The van der Waals surface area contributed by atoms with Gasteiger partial charge in [0.2, 0.25) is 5.89 Å². The first-order chi connectivity index (χ1) is 17.3. The molecule has 5 heteroatoms. The lowest BCUT2D eigenvalue weighted by Crippen LogP contribution is -2.28. The number of oxazole rings is 1. The minimum atomic E-state index is 0.128. The average molecular weight is 471 g/mol. The molecule has 0 amide bonds. The molecule has 1 unspecified atom stereocenters. The second kappa shape index (κ2) is 12.2. The summed E-state index contributed by atoms with van der Waals surface area (Å²) in [6.45, 7) is 5.44. The van der Waals surface area contributed by atoms with Crippen molar-refractivity contribution < 1.29 is 13.9 Å². The molecule has 2 aromatic carbocycles. The molecule has 1 N–H and O–H groups in total. The first kappa shape index (κ1) is 24.6. The Balaban J connectivity index is 0.00000141. The van der Waals surface area contributed by atoms with Crippen LogP contribution in [-0.4, -0.2) is 18.6 Å². The largest absolute Gasteiger partial charge is 0.493 e. The van der Waals surface area contributed by atoms with Crippen LogP contribution in [-0.2, 0) is 13.0 Å². The van der Waals surface area contributed by atoms with Crippen LogP contribution in [0, 0.1) is 0 Å². The molecular weight excluding hydrogens is 436 g/mol. The highest BCUT2D eigenvalue weighted by Crippen LogP contribution is 2.36. The van der Waals surface area contributed by atoms with E-state index < -0.39 is 0 Å². The topological polar surface area (TPSA) is 56.5 Å². The number of rotatable bonds is 7. The first-order valence-corrected chi connectivity index (χ1v) is 12.4. The number of aromatic nitrogens is 1. The molecule has 0 saturated carbocycles. The van der Waals surface area contributed by atoms with E-state index in [9.17, 15) is 0 Å². The monoisotopic (exact) mass is 470 g/mol. The van der Waals surface area contributed by atoms with Gasteiger partial charge in [-0.25, -0.2) is 4.98 Å². The van der Waals surface area contributed by atoms with Crippen LogP contribution < -0.4 is 14.8 Å². The molecule has 5 nitrogen and oxygen atoms in total. The second-order valence-corrected chi connectivity index (χ2v) is 8.27. The van der Waals surface area contributed by atoms with E-state index in [1.807, 2.05) is 32.0 Å². The molecule has 3 aromatic rings. The number of ether oxygens (including phenoxy) is 2. The van der Waals surface area contributed by atoms with Crippen LogP contribution in [0.1, 0.15) is 55.3 Å². The van der Waals surface area contributed by atoms with Gasteiger partial charge in [0, 0.05) is 12.1 Å². The van der Waals surface area contributed by atoms with Gasteiger partial charge in [-0.15, -0.1) is 0 Å². The fourth-order valence-corrected chi connectivity index (χ4v) is 4.37. The van der Waals surface area contributed by atoms with Crippen LogP contribution >= 0.6 is 0 Å². The Hall–Kier alpha value is -3.57. The number of methoxy groups -OCH3 is 1. The number of fused-ring (bicyclic) bond motifs is 1. The summed E-state index contributed by atoms with van der Waals surface area (Å²) in [4.78, 5) is 4.27. The number of hydrogen-bond donors (Lipinski definition) is 1. The van der Waals surface area contributed by atoms with Gasteiger partial charge >= 0.3 is 0 Å². The van der Waals surface area contributed by atoms with Crippen molar-refractivity contribution in [2.45, 2.75) is 45.8 Å². The molecule has 0 bridgehead atoms.